The molecule has 1 atom stereocenters. The summed E-state index contributed by atoms with van der Waals surface area (Å²) in [5.74, 6) is 0.640. The van der Waals surface area contributed by atoms with E-state index >= 15 is 0 Å². The number of nitrogens with zero attached hydrogens (tertiary/aromatic N) is 2. The van der Waals surface area contributed by atoms with Crippen molar-refractivity contribution in [1.82, 2.24) is 15.8 Å². The van der Waals surface area contributed by atoms with E-state index in [0.29, 0.717) is 13.0 Å². The van der Waals surface area contributed by atoms with Gasteiger partial charge in [-0.3, -0.25) is 4.79 Å². The summed E-state index contributed by atoms with van der Waals surface area (Å²) in [5.41, 5.74) is 1.82. The molecule has 6 nitrogen and oxygen atoms in total. The standard InChI is InChI=1S/C12H18N4O2/c1-8(12-9(2)16-18-10(12)3)15-7-11(17)14-6-4-5-13/h8,15H,4,6-7H2,1-3H3,(H,14,17). The molecule has 0 aromatic carbocycles. The van der Waals surface area contributed by atoms with E-state index < -0.39 is 0 Å². The Hall–Kier alpha value is -1.87. The number of rotatable bonds is 6. The molecule has 2 N–H and O–H groups in total. The van der Waals surface area contributed by atoms with Gasteiger partial charge in [0.05, 0.1) is 24.7 Å². The zero-order valence-electron chi connectivity index (χ0n) is 10.9. The summed E-state index contributed by atoms with van der Waals surface area (Å²) in [4.78, 5) is 11.4. The van der Waals surface area contributed by atoms with E-state index in [9.17, 15) is 4.79 Å². The van der Waals surface area contributed by atoms with Crippen molar-refractivity contribution in [3.63, 3.8) is 0 Å². The van der Waals surface area contributed by atoms with E-state index in [4.69, 9.17) is 9.78 Å². The molecule has 1 rings (SSSR count). The van der Waals surface area contributed by atoms with E-state index in [2.05, 4.69) is 15.8 Å². The van der Waals surface area contributed by atoms with Crippen LogP contribution in [0.2, 0.25) is 0 Å². The summed E-state index contributed by atoms with van der Waals surface area (Å²) in [6.07, 6.45) is 0.325. The van der Waals surface area contributed by atoms with E-state index in [-0.39, 0.29) is 18.5 Å². The van der Waals surface area contributed by atoms with Gasteiger partial charge < -0.3 is 15.2 Å². The van der Waals surface area contributed by atoms with Crippen molar-refractivity contribution >= 4 is 5.91 Å². The Morgan fingerprint density at radius 3 is 2.83 bits per heavy atom. The molecular weight excluding hydrogens is 232 g/mol. The van der Waals surface area contributed by atoms with Crippen LogP contribution in [0.1, 0.15) is 36.4 Å². The number of carbonyl (C=O) groups is 1. The maximum Gasteiger partial charge on any atom is 0.234 e. The molecule has 18 heavy (non-hydrogen) atoms. The fourth-order valence-electron chi connectivity index (χ4n) is 1.78. The smallest absolute Gasteiger partial charge is 0.234 e. The molecule has 6 heteroatoms. The Bertz CT molecular complexity index is 428. The van der Waals surface area contributed by atoms with Gasteiger partial charge in [-0.1, -0.05) is 5.16 Å². The number of aromatic nitrogens is 1. The number of hydrogen-bond donors (Lipinski definition) is 2. The molecule has 98 valence electrons. The third kappa shape index (κ3) is 3.86. The number of nitriles is 1. The quantitative estimate of drug-likeness (QED) is 0.734. The maximum atomic E-state index is 11.4. The summed E-state index contributed by atoms with van der Waals surface area (Å²) >= 11 is 0. The Balaban J connectivity index is 2.40. The van der Waals surface area contributed by atoms with Crippen LogP contribution in [0.25, 0.3) is 0 Å². The largest absolute Gasteiger partial charge is 0.361 e. The van der Waals surface area contributed by atoms with Crippen LogP contribution in [0.5, 0.6) is 0 Å². The second-order valence-electron chi connectivity index (χ2n) is 4.10. The third-order valence-electron chi connectivity index (χ3n) is 2.65. The lowest BCUT2D eigenvalue weighted by atomic mass is 10.1. The van der Waals surface area contributed by atoms with Gasteiger partial charge in [0, 0.05) is 18.2 Å². The van der Waals surface area contributed by atoms with Crippen molar-refractivity contribution in [2.45, 2.75) is 33.2 Å². The first-order chi connectivity index (χ1) is 8.56. The summed E-state index contributed by atoms with van der Waals surface area (Å²) in [6, 6.07) is 1.97. The van der Waals surface area contributed by atoms with Crippen LogP contribution in [-0.2, 0) is 4.79 Å². The minimum atomic E-state index is -0.121. The van der Waals surface area contributed by atoms with Gasteiger partial charge in [-0.05, 0) is 20.8 Å². The Labute approximate surface area is 106 Å². The lowest BCUT2D eigenvalue weighted by Crippen LogP contribution is -2.35. The lowest BCUT2D eigenvalue weighted by molar-refractivity contribution is -0.120. The highest BCUT2D eigenvalue weighted by Gasteiger charge is 2.16. The van der Waals surface area contributed by atoms with E-state index in [1.807, 2.05) is 26.8 Å². The highest BCUT2D eigenvalue weighted by molar-refractivity contribution is 5.78. The predicted molar refractivity (Wildman–Crippen MR) is 65.6 cm³/mol. The molecule has 0 spiro atoms. The molecular formula is C12H18N4O2. The highest BCUT2D eigenvalue weighted by Crippen LogP contribution is 2.20. The van der Waals surface area contributed by atoms with Gasteiger partial charge in [0.1, 0.15) is 5.76 Å². The number of hydrogen-bond acceptors (Lipinski definition) is 5. The number of nitrogens with one attached hydrogen (secondary N) is 2. The molecule has 0 radical (unpaired) electrons. The summed E-state index contributed by atoms with van der Waals surface area (Å²) in [7, 11) is 0. The molecule has 1 aromatic rings. The lowest BCUT2D eigenvalue weighted by Gasteiger charge is -2.13. The molecule has 0 saturated heterocycles. The molecule has 0 saturated carbocycles. The summed E-state index contributed by atoms with van der Waals surface area (Å²) < 4.78 is 5.08. The molecule has 1 heterocycles. The van der Waals surface area contributed by atoms with Gasteiger partial charge in [-0.25, -0.2) is 0 Å². The van der Waals surface area contributed by atoms with Gasteiger partial charge >= 0.3 is 0 Å². The van der Waals surface area contributed by atoms with E-state index in [1.54, 1.807) is 0 Å². The fourth-order valence-corrected chi connectivity index (χ4v) is 1.78. The second kappa shape index (κ2) is 6.77. The highest BCUT2D eigenvalue weighted by atomic mass is 16.5. The van der Waals surface area contributed by atoms with Crippen molar-refractivity contribution < 1.29 is 9.32 Å². The van der Waals surface area contributed by atoms with Crippen molar-refractivity contribution in [2.75, 3.05) is 13.1 Å². The van der Waals surface area contributed by atoms with Gasteiger partial charge in [0.2, 0.25) is 5.91 Å². The average molecular weight is 250 g/mol. The minimum Gasteiger partial charge on any atom is -0.361 e. The van der Waals surface area contributed by atoms with Crippen molar-refractivity contribution in [3.8, 4) is 6.07 Å². The first-order valence-electron chi connectivity index (χ1n) is 5.86. The number of amides is 1. The normalized spacial score (nSPS) is 11.9. The van der Waals surface area contributed by atoms with Crippen LogP contribution in [0.3, 0.4) is 0 Å². The first kappa shape index (κ1) is 14.2. The maximum absolute atomic E-state index is 11.4. The zero-order valence-corrected chi connectivity index (χ0v) is 10.9. The van der Waals surface area contributed by atoms with E-state index in [0.717, 1.165) is 17.0 Å². The van der Waals surface area contributed by atoms with Crippen LogP contribution in [0, 0.1) is 25.2 Å². The Morgan fingerprint density at radius 2 is 2.28 bits per heavy atom. The van der Waals surface area contributed by atoms with E-state index in [1.165, 1.54) is 0 Å². The van der Waals surface area contributed by atoms with Gasteiger partial charge in [-0.2, -0.15) is 5.26 Å². The molecule has 0 bridgehead atoms. The number of carbonyl (C=O) groups excluding carboxylic acids is 1. The van der Waals surface area contributed by atoms with Crippen LogP contribution in [0.4, 0.5) is 0 Å². The van der Waals surface area contributed by atoms with Crippen molar-refractivity contribution in [1.29, 1.82) is 5.26 Å². The van der Waals surface area contributed by atoms with Gasteiger partial charge in [0.15, 0.2) is 0 Å². The topological polar surface area (TPSA) is 90.9 Å². The zero-order chi connectivity index (χ0) is 13.5. The molecule has 1 amide bonds. The van der Waals surface area contributed by atoms with Crippen LogP contribution in [-0.4, -0.2) is 24.2 Å². The summed E-state index contributed by atoms with van der Waals surface area (Å²) in [5, 5.41) is 18.0. The molecule has 0 aliphatic carbocycles. The molecule has 0 aliphatic heterocycles. The molecule has 1 aromatic heterocycles. The van der Waals surface area contributed by atoms with Gasteiger partial charge in [0.25, 0.3) is 0 Å². The Kier molecular flexibility index (Phi) is 5.33. The average Bonchev–Trinajstić information content (AvgIpc) is 2.66. The van der Waals surface area contributed by atoms with Crippen LogP contribution >= 0.6 is 0 Å². The second-order valence-corrected chi connectivity index (χ2v) is 4.10. The van der Waals surface area contributed by atoms with Crippen LogP contribution < -0.4 is 10.6 Å². The third-order valence-corrected chi connectivity index (χ3v) is 2.65. The SMILES string of the molecule is Cc1noc(C)c1C(C)NCC(=O)NCCC#N. The van der Waals surface area contributed by atoms with Crippen molar-refractivity contribution in [3.05, 3.63) is 17.0 Å². The predicted octanol–water partition coefficient (Wildman–Crippen LogP) is 0.972. The van der Waals surface area contributed by atoms with Crippen molar-refractivity contribution in [2.24, 2.45) is 0 Å². The number of aryl methyl sites for hydroxylation is 2. The molecule has 0 aliphatic rings. The molecule has 1 unspecified atom stereocenters. The Morgan fingerprint density at radius 1 is 1.56 bits per heavy atom. The fraction of sp³-hybridized carbons (Fsp3) is 0.583. The summed E-state index contributed by atoms with van der Waals surface area (Å²) in [6.45, 7) is 6.26. The van der Waals surface area contributed by atoms with Crippen LogP contribution in [0.15, 0.2) is 4.52 Å². The van der Waals surface area contributed by atoms with Gasteiger partial charge in [-0.15, -0.1) is 0 Å². The minimum absolute atomic E-state index is 0.00188. The first-order valence-corrected chi connectivity index (χ1v) is 5.86. The molecule has 0 fully saturated rings. The monoisotopic (exact) mass is 250 g/mol.